The number of likely N-dealkylation sites (tertiary alicyclic amines) is 1. The Hall–Kier alpha value is -0.770. The Morgan fingerprint density at radius 2 is 1.84 bits per heavy atom. The second-order valence-electron chi connectivity index (χ2n) is 6.59. The van der Waals surface area contributed by atoms with Gasteiger partial charge in [0.2, 0.25) is 0 Å². The zero-order valence-corrected chi connectivity index (χ0v) is 13.7. The highest BCUT2D eigenvalue weighted by molar-refractivity contribution is 5.79. The topological polar surface area (TPSA) is 22.1 Å². The van der Waals surface area contributed by atoms with Crippen molar-refractivity contribution in [2.75, 3.05) is 54.4 Å². The third-order valence-electron chi connectivity index (χ3n) is 3.52. The Bertz CT molecular complexity index is 274. The molecule has 0 bridgehead atoms. The van der Waals surface area contributed by atoms with Crippen molar-refractivity contribution in [3.05, 3.63) is 0 Å². The van der Waals surface area contributed by atoms with Crippen molar-refractivity contribution in [2.24, 2.45) is 16.8 Å². The van der Waals surface area contributed by atoms with E-state index >= 15 is 0 Å². The standard InChI is InChI=1S/C15H32N4/c1-13(2)11-19-9-7-8-14(12-19)10-16-15(17(3)4)18(5)6/h13-14H,7-12H2,1-6H3. The van der Waals surface area contributed by atoms with E-state index in [4.69, 9.17) is 4.99 Å². The molecule has 0 aromatic carbocycles. The molecule has 0 spiro atoms. The molecule has 1 atom stereocenters. The van der Waals surface area contributed by atoms with E-state index in [9.17, 15) is 0 Å². The Balaban J connectivity index is 2.49. The number of nitrogens with zero attached hydrogens (tertiary/aromatic N) is 4. The minimum atomic E-state index is 0.724. The molecule has 0 radical (unpaired) electrons. The van der Waals surface area contributed by atoms with Crippen LogP contribution in [0.4, 0.5) is 0 Å². The number of guanidine groups is 1. The lowest BCUT2D eigenvalue weighted by atomic mass is 9.97. The third kappa shape index (κ3) is 5.81. The van der Waals surface area contributed by atoms with Crippen molar-refractivity contribution < 1.29 is 0 Å². The van der Waals surface area contributed by atoms with Crippen LogP contribution in [0, 0.1) is 11.8 Å². The summed E-state index contributed by atoms with van der Waals surface area (Å²) in [6.45, 7) is 9.28. The lowest BCUT2D eigenvalue weighted by Gasteiger charge is -2.33. The summed E-state index contributed by atoms with van der Waals surface area (Å²) < 4.78 is 0. The van der Waals surface area contributed by atoms with Gasteiger partial charge in [0.1, 0.15) is 0 Å². The number of rotatable bonds is 4. The van der Waals surface area contributed by atoms with Crippen molar-refractivity contribution in [1.29, 1.82) is 0 Å². The van der Waals surface area contributed by atoms with Gasteiger partial charge in [0, 0.05) is 47.8 Å². The van der Waals surface area contributed by atoms with Crippen LogP contribution >= 0.6 is 0 Å². The van der Waals surface area contributed by atoms with E-state index < -0.39 is 0 Å². The molecule has 0 aromatic rings. The fourth-order valence-electron chi connectivity index (χ4n) is 2.88. The Morgan fingerprint density at radius 1 is 1.21 bits per heavy atom. The molecule has 4 nitrogen and oxygen atoms in total. The maximum absolute atomic E-state index is 4.80. The fourth-order valence-corrected chi connectivity index (χ4v) is 2.88. The maximum atomic E-state index is 4.80. The highest BCUT2D eigenvalue weighted by Crippen LogP contribution is 2.18. The maximum Gasteiger partial charge on any atom is 0.195 e. The molecule has 1 aliphatic rings. The van der Waals surface area contributed by atoms with Crippen molar-refractivity contribution in [2.45, 2.75) is 26.7 Å². The van der Waals surface area contributed by atoms with Crippen LogP contribution in [-0.4, -0.2) is 75.0 Å². The van der Waals surface area contributed by atoms with E-state index in [0.29, 0.717) is 0 Å². The third-order valence-corrected chi connectivity index (χ3v) is 3.52. The summed E-state index contributed by atoms with van der Waals surface area (Å²) in [5.74, 6) is 2.56. The zero-order chi connectivity index (χ0) is 14.4. The van der Waals surface area contributed by atoms with E-state index in [-0.39, 0.29) is 0 Å². The normalized spacial score (nSPS) is 20.5. The van der Waals surface area contributed by atoms with Crippen LogP contribution in [0.1, 0.15) is 26.7 Å². The van der Waals surface area contributed by atoms with Gasteiger partial charge in [0.15, 0.2) is 5.96 Å². The number of hydrogen-bond donors (Lipinski definition) is 0. The van der Waals surface area contributed by atoms with Crippen molar-refractivity contribution >= 4 is 5.96 Å². The highest BCUT2D eigenvalue weighted by atomic mass is 15.3. The van der Waals surface area contributed by atoms with Gasteiger partial charge in [-0.3, -0.25) is 4.99 Å². The average Bonchev–Trinajstić information content (AvgIpc) is 2.27. The first-order chi connectivity index (χ1) is 8.90. The summed E-state index contributed by atoms with van der Waals surface area (Å²) in [4.78, 5) is 11.6. The van der Waals surface area contributed by atoms with Crippen molar-refractivity contribution in [3.8, 4) is 0 Å². The van der Waals surface area contributed by atoms with Crippen LogP contribution in [-0.2, 0) is 0 Å². The molecule has 0 amide bonds. The molecular formula is C15H32N4. The van der Waals surface area contributed by atoms with Gasteiger partial charge in [-0.2, -0.15) is 0 Å². The molecule has 0 N–H and O–H groups in total. The van der Waals surface area contributed by atoms with Gasteiger partial charge < -0.3 is 14.7 Å². The number of piperidine rings is 1. The SMILES string of the molecule is CC(C)CN1CCCC(CN=C(N(C)C)N(C)C)C1. The summed E-state index contributed by atoms with van der Waals surface area (Å²) in [6.07, 6.45) is 2.65. The van der Waals surface area contributed by atoms with Gasteiger partial charge in [0.05, 0.1) is 0 Å². The van der Waals surface area contributed by atoms with Crippen LogP contribution in [0.2, 0.25) is 0 Å². The molecule has 0 aliphatic carbocycles. The van der Waals surface area contributed by atoms with Gasteiger partial charge in [-0.05, 0) is 31.2 Å². The summed E-state index contributed by atoms with van der Waals surface area (Å²) in [7, 11) is 8.24. The molecule has 0 saturated carbocycles. The molecule has 1 rings (SSSR count). The second kappa shape index (κ2) is 7.73. The minimum Gasteiger partial charge on any atom is -0.349 e. The first kappa shape index (κ1) is 16.3. The molecule has 1 fully saturated rings. The van der Waals surface area contributed by atoms with Gasteiger partial charge in [-0.25, -0.2) is 0 Å². The molecule has 112 valence electrons. The highest BCUT2D eigenvalue weighted by Gasteiger charge is 2.20. The van der Waals surface area contributed by atoms with Crippen molar-refractivity contribution in [3.63, 3.8) is 0 Å². The summed E-state index contributed by atoms with van der Waals surface area (Å²) in [5, 5.41) is 0. The molecule has 0 aromatic heterocycles. The lowest BCUT2D eigenvalue weighted by Crippen LogP contribution is -2.40. The van der Waals surface area contributed by atoms with Crippen LogP contribution < -0.4 is 0 Å². The van der Waals surface area contributed by atoms with Gasteiger partial charge in [0.25, 0.3) is 0 Å². The molecule has 4 heteroatoms. The van der Waals surface area contributed by atoms with E-state index in [0.717, 1.165) is 24.3 Å². The Kier molecular flexibility index (Phi) is 6.63. The number of aliphatic imine (C=N–C) groups is 1. The van der Waals surface area contributed by atoms with Crippen LogP contribution in [0.3, 0.4) is 0 Å². The first-order valence-electron chi connectivity index (χ1n) is 7.51. The van der Waals surface area contributed by atoms with Gasteiger partial charge in [-0.1, -0.05) is 13.8 Å². The monoisotopic (exact) mass is 268 g/mol. The Morgan fingerprint density at radius 3 is 2.37 bits per heavy atom. The Labute approximate surface area is 119 Å². The molecule has 19 heavy (non-hydrogen) atoms. The molecule has 1 aliphatic heterocycles. The van der Waals surface area contributed by atoms with E-state index in [1.165, 1.54) is 32.5 Å². The van der Waals surface area contributed by atoms with Gasteiger partial charge in [-0.15, -0.1) is 0 Å². The lowest BCUT2D eigenvalue weighted by molar-refractivity contribution is 0.161. The van der Waals surface area contributed by atoms with Gasteiger partial charge >= 0.3 is 0 Å². The van der Waals surface area contributed by atoms with Crippen LogP contribution in [0.5, 0.6) is 0 Å². The largest absolute Gasteiger partial charge is 0.349 e. The fraction of sp³-hybridized carbons (Fsp3) is 0.933. The minimum absolute atomic E-state index is 0.724. The van der Waals surface area contributed by atoms with E-state index in [1.807, 2.05) is 0 Å². The van der Waals surface area contributed by atoms with Crippen molar-refractivity contribution in [1.82, 2.24) is 14.7 Å². The van der Waals surface area contributed by atoms with E-state index in [2.05, 4.69) is 56.7 Å². The molecule has 1 saturated heterocycles. The number of hydrogen-bond acceptors (Lipinski definition) is 2. The van der Waals surface area contributed by atoms with Crippen LogP contribution in [0.25, 0.3) is 0 Å². The summed E-state index contributed by atoms with van der Waals surface area (Å²) >= 11 is 0. The first-order valence-corrected chi connectivity index (χ1v) is 7.51. The van der Waals surface area contributed by atoms with E-state index in [1.54, 1.807) is 0 Å². The zero-order valence-electron chi connectivity index (χ0n) is 13.7. The summed E-state index contributed by atoms with van der Waals surface area (Å²) in [6, 6.07) is 0. The quantitative estimate of drug-likeness (QED) is 0.574. The molecule has 1 heterocycles. The smallest absolute Gasteiger partial charge is 0.195 e. The molecular weight excluding hydrogens is 236 g/mol. The predicted molar refractivity (Wildman–Crippen MR) is 83.7 cm³/mol. The summed E-state index contributed by atoms with van der Waals surface area (Å²) in [5.41, 5.74) is 0. The van der Waals surface area contributed by atoms with Crippen LogP contribution in [0.15, 0.2) is 4.99 Å². The predicted octanol–water partition coefficient (Wildman–Crippen LogP) is 1.83. The average molecular weight is 268 g/mol. The molecule has 1 unspecified atom stereocenters. The second-order valence-corrected chi connectivity index (χ2v) is 6.59.